The monoisotopic (exact) mass is 675 g/mol. The van der Waals surface area contributed by atoms with E-state index in [4.69, 9.17) is 14.1 Å². The van der Waals surface area contributed by atoms with Crippen LogP contribution in [0.1, 0.15) is 138 Å². The number of ether oxygens (including phenoxy) is 1. The molecule has 0 bridgehead atoms. The summed E-state index contributed by atoms with van der Waals surface area (Å²) in [6.07, 6.45) is 10.1. The van der Waals surface area contributed by atoms with Crippen LogP contribution in [0.2, 0.25) is 18.1 Å². The summed E-state index contributed by atoms with van der Waals surface area (Å²) in [6, 6.07) is 7.05. The average molecular weight is 676 g/mol. The number of fused-ring (bicyclic) bond motifs is 4. The normalized spacial score (nSPS) is 30.2. The van der Waals surface area contributed by atoms with Crippen LogP contribution in [0.4, 0.5) is 4.39 Å². The van der Waals surface area contributed by atoms with Crippen LogP contribution in [-0.4, -0.2) is 17.2 Å². The zero-order valence-corrected chi connectivity index (χ0v) is 28.7. The highest BCUT2D eigenvalue weighted by atomic mass is 127. The predicted octanol–water partition coefficient (Wildman–Crippen LogP) is 10.2. The summed E-state index contributed by atoms with van der Waals surface area (Å²) in [5.41, 5.74) is 7.45. The lowest BCUT2D eigenvalue weighted by Crippen LogP contribution is -2.44. The topological polar surface area (TPSA) is 31.4 Å². The summed E-state index contributed by atoms with van der Waals surface area (Å²) in [4.78, 5) is 5.66. The molecule has 40 heavy (non-hydrogen) atoms. The summed E-state index contributed by atoms with van der Waals surface area (Å²) in [5.74, 6) is 0.272. The zero-order chi connectivity index (χ0) is 28.7. The molecule has 6 rings (SSSR count). The van der Waals surface area contributed by atoms with Crippen molar-refractivity contribution in [1.29, 1.82) is 0 Å². The Morgan fingerprint density at radius 3 is 2.30 bits per heavy atom. The molecule has 2 saturated carbocycles. The van der Waals surface area contributed by atoms with Gasteiger partial charge in [-0.3, -0.25) is 4.98 Å². The van der Waals surface area contributed by atoms with E-state index in [0.717, 1.165) is 37.7 Å². The quantitative estimate of drug-likeness (QED) is 0.184. The number of aromatic nitrogens is 1. The summed E-state index contributed by atoms with van der Waals surface area (Å²) in [6.45, 7) is 16.6. The van der Waals surface area contributed by atoms with Crippen LogP contribution in [0, 0.1) is 11.2 Å². The Labute approximate surface area is 255 Å². The lowest BCUT2D eigenvalue weighted by atomic mass is 9.70. The second-order valence-corrected chi connectivity index (χ2v) is 21.6. The van der Waals surface area contributed by atoms with Crippen molar-refractivity contribution in [3.8, 4) is 0 Å². The molecule has 0 saturated heterocycles. The van der Waals surface area contributed by atoms with Crippen LogP contribution >= 0.6 is 22.6 Å². The number of halogens is 2. The molecule has 1 spiro atoms. The molecule has 0 N–H and O–H groups in total. The van der Waals surface area contributed by atoms with Crippen LogP contribution in [0.3, 0.4) is 0 Å². The summed E-state index contributed by atoms with van der Waals surface area (Å²) < 4.78 is 29.2. The van der Waals surface area contributed by atoms with Crippen LogP contribution in [-0.2, 0) is 21.2 Å². The minimum absolute atomic E-state index is 0.0233. The fraction of sp³-hybridized carbons (Fsp3) is 0.676. The van der Waals surface area contributed by atoms with E-state index in [0.29, 0.717) is 9.84 Å². The molecule has 3 aliphatic carbocycles. The van der Waals surface area contributed by atoms with Gasteiger partial charge >= 0.3 is 0 Å². The number of nitrogens with zero attached hydrogens (tertiary/aromatic N) is 1. The first-order valence-electron chi connectivity index (χ1n) is 15.5. The predicted molar refractivity (Wildman–Crippen MR) is 171 cm³/mol. The molecular weight excluding hydrogens is 628 g/mol. The highest BCUT2D eigenvalue weighted by Crippen LogP contribution is 2.62. The van der Waals surface area contributed by atoms with E-state index in [1.807, 2.05) is 12.1 Å². The van der Waals surface area contributed by atoms with Crippen molar-refractivity contribution < 1.29 is 13.6 Å². The molecule has 4 aliphatic rings. The zero-order valence-electron chi connectivity index (χ0n) is 25.5. The van der Waals surface area contributed by atoms with E-state index < -0.39 is 8.32 Å². The van der Waals surface area contributed by atoms with Crippen LogP contribution in [0.5, 0.6) is 0 Å². The molecule has 3 nitrogen and oxygen atoms in total. The van der Waals surface area contributed by atoms with Crippen molar-refractivity contribution in [2.24, 2.45) is 5.41 Å². The third-order valence-corrected chi connectivity index (χ3v) is 16.9. The van der Waals surface area contributed by atoms with Crippen LogP contribution in [0.25, 0.3) is 0 Å². The maximum atomic E-state index is 14.1. The van der Waals surface area contributed by atoms with Gasteiger partial charge in [-0.15, -0.1) is 0 Å². The SMILES string of the molecule is CC1(C)Cc2nc(C3CCCC3)c3c(c2[C@@H](O[Si](C)(C)C(C)(C)C)C1)C1(CCCC1I)O[C@@H]3c1ccc(F)cc1. The number of hydrogen-bond donors (Lipinski definition) is 0. The van der Waals surface area contributed by atoms with Crippen LogP contribution in [0.15, 0.2) is 24.3 Å². The van der Waals surface area contributed by atoms with E-state index in [9.17, 15) is 4.39 Å². The molecule has 2 fully saturated rings. The van der Waals surface area contributed by atoms with Gasteiger partial charge in [0.05, 0.1) is 11.8 Å². The molecule has 1 aromatic heterocycles. The number of benzene rings is 1. The largest absolute Gasteiger partial charge is 0.410 e. The smallest absolute Gasteiger partial charge is 0.192 e. The highest BCUT2D eigenvalue weighted by Gasteiger charge is 2.57. The van der Waals surface area contributed by atoms with Crippen molar-refractivity contribution in [2.45, 2.75) is 138 Å². The summed E-state index contributed by atoms with van der Waals surface area (Å²) >= 11 is 2.67. The molecule has 0 amide bonds. The van der Waals surface area contributed by atoms with Gasteiger partial charge in [0.15, 0.2) is 8.32 Å². The number of rotatable bonds is 4. The fourth-order valence-electron chi connectivity index (χ4n) is 7.71. The Kier molecular flexibility index (Phi) is 7.40. The second-order valence-electron chi connectivity index (χ2n) is 15.3. The van der Waals surface area contributed by atoms with Gasteiger partial charge < -0.3 is 9.16 Å². The molecular formula is C34H47FINO2Si. The fourth-order valence-corrected chi connectivity index (χ4v) is 10.2. The number of pyridine rings is 1. The Bertz CT molecular complexity index is 1280. The summed E-state index contributed by atoms with van der Waals surface area (Å²) in [7, 11) is -2.06. The lowest BCUT2D eigenvalue weighted by molar-refractivity contribution is -0.0515. The molecule has 2 aromatic rings. The molecule has 4 atom stereocenters. The van der Waals surface area contributed by atoms with E-state index in [1.54, 1.807) is 12.1 Å². The molecule has 1 aromatic carbocycles. The van der Waals surface area contributed by atoms with Gasteiger partial charge in [0, 0.05) is 32.2 Å². The Hall–Kier alpha value is -0.833. The minimum Gasteiger partial charge on any atom is -0.410 e. The molecule has 218 valence electrons. The van der Waals surface area contributed by atoms with Gasteiger partial charge in [-0.25, -0.2) is 4.39 Å². The van der Waals surface area contributed by atoms with Gasteiger partial charge in [0.2, 0.25) is 0 Å². The Morgan fingerprint density at radius 1 is 1.02 bits per heavy atom. The average Bonchev–Trinajstić information content (AvgIpc) is 3.58. The van der Waals surface area contributed by atoms with E-state index >= 15 is 0 Å². The Balaban J connectivity index is 1.63. The minimum atomic E-state index is -2.06. The van der Waals surface area contributed by atoms with Gasteiger partial charge in [-0.1, -0.05) is 82.2 Å². The summed E-state index contributed by atoms with van der Waals surface area (Å²) in [5, 5.41) is 0.124. The maximum Gasteiger partial charge on any atom is 0.192 e. The van der Waals surface area contributed by atoms with Crippen LogP contribution < -0.4 is 0 Å². The van der Waals surface area contributed by atoms with E-state index in [-0.39, 0.29) is 34.1 Å². The first-order valence-corrected chi connectivity index (χ1v) is 19.7. The maximum absolute atomic E-state index is 14.1. The molecule has 0 radical (unpaired) electrons. The molecule has 2 unspecified atom stereocenters. The molecule has 1 aliphatic heterocycles. The second kappa shape index (κ2) is 10.1. The first-order chi connectivity index (χ1) is 18.7. The van der Waals surface area contributed by atoms with Gasteiger partial charge in [0.1, 0.15) is 17.5 Å². The van der Waals surface area contributed by atoms with Crippen molar-refractivity contribution in [1.82, 2.24) is 4.98 Å². The van der Waals surface area contributed by atoms with E-state index in [1.165, 1.54) is 53.8 Å². The molecule has 6 heteroatoms. The van der Waals surface area contributed by atoms with Crippen molar-refractivity contribution in [3.05, 3.63) is 63.7 Å². The third kappa shape index (κ3) is 4.85. The van der Waals surface area contributed by atoms with E-state index in [2.05, 4.69) is 70.3 Å². The molecule has 2 heterocycles. The lowest BCUT2D eigenvalue weighted by Gasteiger charge is -2.46. The number of alkyl halides is 1. The van der Waals surface area contributed by atoms with Gasteiger partial charge in [0.25, 0.3) is 0 Å². The number of hydrogen-bond acceptors (Lipinski definition) is 3. The van der Waals surface area contributed by atoms with Gasteiger partial charge in [-0.05, 0) is 86.2 Å². The highest BCUT2D eigenvalue weighted by molar-refractivity contribution is 14.1. The first kappa shape index (κ1) is 29.2. The van der Waals surface area contributed by atoms with Crippen molar-refractivity contribution in [2.75, 3.05) is 0 Å². The van der Waals surface area contributed by atoms with Crippen molar-refractivity contribution >= 4 is 30.9 Å². The third-order valence-electron chi connectivity index (χ3n) is 10.8. The van der Waals surface area contributed by atoms with Crippen molar-refractivity contribution in [3.63, 3.8) is 0 Å². The standard InChI is InChI=1S/C34H47FINO2Si/c1-32(2,3)40(6,7)39-25-20-33(4,5)19-24-27(25)29-28(30(37-24)21-11-8-9-12-21)31(22-14-16-23(35)17-15-22)38-34(29)18-10-13-26(34)36/h14-17,21,25-26,31H,8-13,18-20H2,1-7H3/t25-,26?,31+,34?/m0/s1. The van der Waals surface area contributed by atoms with Gasteiger partial charge in [-0.2, -0.15) is 0 Å². The Morgan fingerprint density at radius 2 is 1.70 bits per heavy atom.